The molecule has 2 amide bonds. The highest BCUT2D eigenvalue weighted by Crippen LogP contribution is 2.28. The zero-order valence-electron chi connectivity index (χ0n) is 18.8. The van der Waals surface area contributed by atoms with E-state index in [2.05, 4.69) is 21.2 Å². The summed E-state index contributed by atoms with van der Waals surface area (Å²) in [6, 6.07) is 18.7. The Morgan fingerprint density at radius 2 is 1.69 bits per heavy atom. The topological polar surface area (TPSA) is 113 Å². The van der Waals surface area contributed by atoms with Gasteiger partial charge in [-0.2, -0.15) is 0 Å². The van der Waals surface area contributed by atoms with Crippen molar-refractivity contribution in [2.24, 2.45) is 0 Å². The Kier molecular flexibility index (Phi) is 6.06. The van der Waals surface area contributed by atoms with E-state index in [-0.39, 0.29) is 13.1 Å². The first kappa shape index (κ1) is 23.0. The second-order valence-corrected chi connectivity index (χ2v) is 8.90. The second-order valence-electron chi connectivity index (χ2n) is 7.94. The van der Waals surface area contributed by atoms with E-state index >= 15 is 0 Å². The van der Waals surface area contributed by atoms with Crippen LogP contribution in [0.25, 0.3) is 10.9 Å². The van der Waals surface area contributed by atoms with E-state index < -0.39 is 22.7 Å². The molecule has 0 bridgehead atoms. The van der Waals surface area contributed by atoms with Crippen LogP contribution in [0.3, 0.4) is 0 Å². The first-order chi connectivity index (χ1) is 17.5. The van der Waals surface area contributed by atoms with Gasteiger partial charge in [0.2, 0.25) is 10.9 Å². The zero-order valence-corrected chi connectivity index (χ0v) is 19.7. The molecule has 0 fully saturated rings. The number of hydrogen-bond donors (Lipinski definition) is 2. The highest BCUT2D eigenvalue weighted by molar-refractivity contribution is 7.74. The number of benzene rings is 3. The molecular formula is C26H19N5O4S. The van der Waals surface area contributed by atoms with Crippen molar-refractivity contribution in [3.05, 3.63) is 89.7 Å². The van der Waals surface area contributed by atoms with Crippen LogP contribution in [0.5, 0.6) is 0 Å². The number of nitrogens with zero attached hydrogens (tertiary/aromatic N) is 4. The molecule has 178 valence electrons. The molecule has 0 radical (unpaired) electrons. The van der Waals surface area contributed by atoms with Gasteiger partial charge in [0.1, 0.15) is 12.1 Å². The van der Waals surface area contributed by atoms with E-state index in [1.165, 1.54) is 6.33 Å². The van der Waals surface area contributed by atoms with E-state index in [0.29, 0.717) is 44.8 Å². The number of nitrogens with one attached hydrogen (secondary N) is 1. The fourth-order valence-corrected chi connectivity index (χ4v) is 4.64. The predicted molar refractivity (Wildman–Crippen MR) is 137 cm³/mol. The van der Waals surface area contributed by atoms with Gasteiger partial charge in [-0.1, -0.05) is 24.1 Å². The van der Waals surface area contributed by atoms with Gasteiger partial charge in [0.25, 0.3) is 11.8 Å². The van der Waals surface area contributed by atoms with Crippen LogP contribution in [-0.2, 0) is 10.9 Å². The largest absolute Gasteiger partial charge is 0.340 e. The molecule has 0 aliphatic carbocycles. The van der Waals surface area contributed by atoms with Crippen molar-refractivity contribution < 1.29 is 18.0 Å². The number of aromatic nitrogens is 2. The lowest BCUT2D eigenvalue weighted by Gasteiger charge is -2.21. The minimum Gasteiger partial charge on any atom is -0.340 e. The number of amides is 2. The van der Waals surface area contributed by atoms with Crippen molar-refractivity contribution in [3.8, 4) is 12.3 Å². The molecule has 9 nitrogen and oxygen atoms in total. The van der Waals surface area contributed by atoms with E-state index in [9.17, 15) is 18.0 Å². The molecule has 0 unspecified atom stereocenters. The van der Waals surface area contributed by atoms with E-state index in [1.807, 2.05) is 12.1 Å². The average molecular weight is 498 g/mol. The molecule has 1 N–H and O–H groups in total. The molecule has 3 aromatic carbocycles. The minimum absolute atomic E-state index is 0.0943. The number of hydrogen-bond acceptors (Lipinski definition) is 7. The molecule has 2 heterocycles. The summed E-state index contributed by atoms with van der Waals surface area (Å²) in [7, 11) is -3.07. The molecule has 5 rings (SSSR count). The summed E-state index contributed by atoms with van der Waals surface area (Å²) in [5.74, 6) is 2.17. The number of rotatable bonds is 7. The van der Waals surface area contributed by atoms with Crippen molar-refractivity contribution in [2.45, 2.75) is 0 Å². The van der Waals surface area contributed by atoms with Crippen molar-refractivity contribution >= 4 is 50.8 Å². The summed E-state index contributed by atoms with van der Waals surface area (Å²) >= 11 is 0. The smallest absolute Gasteiger partial charge is 0.261 e. The third-order valence-electron chi connectivity index (χ3n) is 5.82. The fraction of sp³-hybridized carbons (Fsp3) is 0.0769. The number of imide groups is 1. The summed E-state index contributed by atoms with van der Waals surface area (Å²) < 4.78 is 25.5. The number of carbonyl (C=O) groups excluding carboxylic acids is 2. The van der Waals surface area contributed by atoms with Gasteiger partial charge in [-0.15, -0.1) is 6.42 Å². The third kappa shape index (κ3) is 4.23. The fourth-order valence-electron chi connectivity index (χ4n) is 4.07. The van der Waals surface area contributed by atoms with Crippen LogP contribution in [-0.4, -0.2) is 48.2 Å². The van der Waals surface area contributed by atoms with Gasteiger partial charge >= 0.3 is 0 Å². The van der Waals surface area contributed by atoms with Gasteiger partial charge in [0, 0.05) is 23.2 Å². The van der Waals surface area contributed by atoms with Crippen LogP contribution in [0, 0.1) is 12.3 Å². The zero-order chi connectivity index (χ0) is 25.2. The van der Waals surface area contributed by atoms with Crippen LogP contribution >= 0.6 is 0 Å². The predicted octanol–water partition coefficient (Wildman–Crippen LogP) is 2.98. The van der Waals surface area contributed by atoms with Gasteiger partial charge < -0.3 is 5.32 Å². The first-order valence-electron chi connectivity index (χ1n) is 10.9. The normalized spacial score (nSPS) is 12.6. The standard InChI is InChI=1S/C26H19N5O4S/c1-2-17-6-5-7-18(14-17)29-24-22-15-19(10-11-23(22)27-16-28-24)31(36(34)35)13-12-30-25(32)20-8-3-4-9-21(20)26(30)33/h1,3-11,14-16,36H,12-13H2,(H,27,28,29). The van der Waals surface area contributed by atoms with Gasteiger partial charge in [-0.25, -0.2) is 18.4 Å². The summed E-state index contributed by atoms with van der Waals surface area (Å²) in [6.45, 7) is -0.195. The summed E-state index contributed by atoms with van der Waals surface area (Å²) in [5.41, 5.74) is 2.99. The Balaban J connectivity index is 1.43. The monoisotopic (exact) mass is 497 g/mol. The van der Waals surface area contributed by atoms with Gasteiger partial charge in [-0.3, -0.25) is 18.8 Å². The maximum Gasteiger partial charge on any atom is 0.261 e. The lowest BCUT2D eigenvalue weighted by molar-refractivity contribution is 0.0659. The Labute approximate surface area is 208 Å². The van der Waals surface area contributed by atoms with Gasteiger partial charge in [0.05, 0.1) is 28.9 Å². The molecule has 1 aliphatic heterocycles. The number of anilines is 3. The highest BCUT2D eigenvalue weighted by Gasteiger charge is 2.35. The van der Waals surface area contributed by atoms with E-state index in [4.69, 9.17) is 6.42 Å². The summed E-state index contributed by atoms with van der Waals surface area (Å²) in [4.78, 5) is 35.0. The summed E-state index contributed by atoms with van der Waals surface area (Å²) in [6.07, 6.45) is 6.89. The maximum atomic E-state index is 12.7. The maximum absolute atomic E-state index is 12.7. The lowest BCUT2D eigenvalue weighted by atomic mass is 10.1. The number of terminal acetylenes is 1. The molecule has 0 saturated carbocycles. The third-order valence-corrected chi connectivity index (χ3v) is 6.64. The van der Waals surface area contributed by atoms with Gasteiger partial charge in [0.15, 0.2) is 0 Å². The van der Waals surface area contributed by atoms with Crippen molar-refractivity contribution in [3.63, 3.8) is 0 Å². The highest BCUT2D eigenvalue weighted by atomic mass is 32.2. The molecule has 10 heteroatoms. The molecule has 0 atom stereocenters. The van der Waals surface area contributed by atoms with Crippen LogP contribution in [0.4, 0.5) is 17.2 Å². The van der Waals surface area contributed by atoms with E-state index in [1.54, 1.807) is 54.6 Å². The Bertz CT molecular complexity index is 1600. The van der Waals surface area contributed by atoms with Crippen molar-refractivity contribution in [1.82, 2.24) is 14.9 Å². The minimum atomic E-state index is -3.07. The molecular weight excluding hydrogens is 478 g/mol. The Morgan fingerprint density at radius 3 is 2.39 bits per heavy atom. The number of fused-ring (bicyclic) bond motifs is 2. The Hall–Kier alpha value is -4.75. The van der Waals surface area contributed by atoms with Crippen molar-refractivity contribution in [2.75, 3.05) is 22.7 Å². The van der Waals surface area contributed by atoms with Crippen LogP contribution in [0.15, 0.2) is 73.1 Å². The van der Waals surface area contributed by atoms with Crippen LogP contribution in [0.1, 0.15) is 26.3 Å². The first-order valence-corrected chi connectivity index (χ1v) is 12.0. The van der Waals surface area contributed by atoms with Crippen LogP contribution < -0.4 is 9.62 Å². The molecule has 1 aromatic heterocycles. The SMILES string of the molecule is C#Cc1cccc(Nc2ncnc3ccc(N(CCN4C(=O)c5ccccc5C4=O)[SH](=O)=O)cc23)c1. The summed E-state index contributed by atoms with van der Waals surface area (Å²) in [5, 5.41) is 3.79. The van der Waals surface area contributed by atoms with Gasteiger partial charge in [-0.05, 0) is 48.5 Å². The van der Waals surface area contributed by atoms with Crippen molar-refractivity contribution in [1.29, 1.82) is 0 Å². The quantitative estimate of drug-likeness (QED) is 0.229. The van der Waals surface area contributed by atoms with Crippen LogP contribution in [0.2, 0.25) is 0 Å². The molecule has 36 heavy (non-hydrogen) atoms. The average Bonchev–Trinajstić information content (AvgIpc) is 3.14. The molecule has 1 aliphatic rings. The number of thiol groups is 1. The molecule has 0 spiro atoms. The lowest BCUT2D eigenvalue weighted by Crippen LogP contribution is -2.37. The number of carbonyl (C=O) groups is 2. The molecule has 0 saturated heterocycles. The Morgan fingerprint density at radius 1 is 0.944 bits per heavy atom. The van der Waals surface area contributed by atoms with E-state index in [0.717, 1.165) is 9.21 Å². The second kappa shape index (κ2) is 9.48. The molecule has 4 aromatic rings.